The number of nitrogens with two attached hydrogens (primary N) is 1. The summed E-state index contributed by atoms with van der Waals surface area (Å²) in [7, 11) is 0. The number of carbonyl (C=O) groups is 1. The third-order valence-corrected chi connectivity index (χ3v) is 4.72. The lowest BCUT2D eigenvalue weighted by Crippen LogP contribution is -2.32. The highest BCUT2D eigenvalue weighted by atomic mass is 19.1. The molecule has 2 N–H and O–H groups in total. The summed E-state index contributed by atoms with van der Waals surface area (Å²) in [4.78, 5) is 34.1. The monoisotopic (exact) mass is 423 g/mol. The van der Waals surface area contributed by atoms with E-state index >= 15 is 0 Å². The standard InChI is InChI=1S/C17H18FN5O7/c1-8-9(29-16(25)28-8)5-26-15(24)27-6-17(2)4-3-10(30-17)23-7-20-11-12(19)21-14(18)22-13(11)23/h7,10H,3-6H2,1-2H3,(H2,19,21,22)/t10-,17+/m1/s1. The van der Waals surface area contributed by atoms with Crippen molar-refractivity contribution in [3.63, 3.8) is 0 Å². The highest BCUT2D eigenvalue weighted by Crippen LogP contribution is 2.38. The van der Waals surface area contributed by atoms with Crippen molar-refractivity contribution in [2.45, 2.75) is 45.1 Å². The Morgan fingerprint density at radius 1 is 1.40 bits per heavy atom. The van der Waals surface area contributed by atoms with Gasteiger partial charge in [0, 0.05) is 0 Å². The number of fused-ring (bicyclic) bond motifs is 1. The molecule has 0 bridgehead atoms. The van der Waals surface area contributed by atoms with Gasteiger partial charge in [-0.1, -0.05) is 0 Å². The van der Waals surface area contributed by atoms with Crippen LogP contribution < -0.4 is 11.6 Å². The number of hydrogen-bond acceptors (Lipinski definition) is 11. The van der Waals surface area contributed by atoms with E-state index in [1.165, 1.54) is 13.3 Å². The second-order valence-corrected chi connectivity index (χ2v) is 7.02. The number of aromatic nitrogens is 4. The number of hydrogen-bond donors (Lipinski definition) is 1. The van der Waals surface area contributed by atoms with Crippen LogP contribution in [0, 0.1) is 13.0 Å². The van der Waals surface area contributed by atoms with Gasteiger partial charge in [-0.2, -0.15) is 14.4 Å². The van der Waals surface area contributed by atoms with E-state index in [9.17, 15) is 14.0 Å². The number of anilines is 1. The lowest BCUT2D eigenvalue weighted by Gasteiger charge is -2.24. The molecule has 13 heteroatoms. The van der Waals surface area contributed by atoms with Crippen molar-refractivity contribution in [2.75, 3.05) is 12.3 Å². The van der Waals surface area contributed by atoms with Crippen molar-refractivity contribution in [1.29, 1.82) is 0 Å². The number of ether oxygens (including phenoxy) is 3. The minimum atomic E-state index is -0.961. The zero-order valence-electron chi connectivity index (χ0n) is 16.1. The van der Waals surface area contributed by atoms with E-state index in [1.807, 2.05) is 0 Å². The van der Waals surface area contributed by atoms with E-state index in [-0.39, 0.29) is 41.7 Å². The van der Waals surface area contributed by atoms with Crippen molar-refractivity contribution < 1.29 is 32.2 Å². The molecule has 0 radical (unpaired) electrons. The molecule has 1 aliphatic heterocycles. The number of aryl methyl sites for hydroxylation is 1. The zero-order valence-corrected chi connectivity index (χ0v) is 16.1. The predicted octanol–water partition coefficient (Wildman–Crippen LogP) is 1.82. The van der Waals surface area contributed by atoms with Crippen molar-refractivity contribution in [3.05, 3.63) is 34.5 Å². The van der Waals surface area contributed by atoms with Crippen molar-refractivity contribution in [2.24, 2.45) is 0 Å². The third kappa shape index (κ3) is 3.83. The Balaban J connectivity index is 1.36. The Morgan fingerprint density at radius 2 is 2.20 bits per heavy atom. The van der Waals surface area contributed by atoms with E-state index < -0.39 is 29.9 Å². The molecule has 160 valence electrons. The molecular weight excluding hydrogens is 405 g/mol. The number of nitrogen functional groups attached to an aromatic ring is 1. The molecule has 4 rings (SSSR count). The van der Waals surface area contributed by atoms with Gasteiger partial charge < -0.3 is 28.8 Å². The molecule has 1 fully saturated rings. The second-order valence-electron chi connectivity index (χ2n) is 7.02. The van der Waals surface area contributed by atoms with Crippen LogP contribution >= 0.6 is 0 Å². The second kappa shape index (κ2) is 7.40. The first-order valence-electron chi connectivity index (χ1n) is 8.96. The van der Waals surface area contributed by atoms with Crippen molar-refractivity contribution in [1.82, 2.24) is 19.5 Å². The van der Waals surface area contributed by atoms with Crippen LogP contribution in [0.3, 0.4) is 0 Å². The summed E-state index contributed by atoms with van der Waals surface area (Å²) in [5, 5.41) is 0. The predicted molar refractivity (Wildman–Crippen MR) is 95.6 cm³/mol. The Hall–Kier alpha value is -3.48. The first kappa shape index (κ1) is 19.8. The molecule has 30 heavy (non-hydrogen) atoms. The maximum absolute atomic E-state index is 13.5. The van der Waals surface area contributed by atoms with Gasteiger partial charge in [0.15, 0.2) is 35.1 Å². The van der Waals surface area contributed by atoms with Gasteiger partial charge in [-0.3, -0.25) is 4.57 Å². The number of carbonyl (C=O) groups excluding carboxylic acids is 1. The summed E-state index contributed by atoms with van der Waals surface area (Å²) < 4.78 is 40.6. The zero-order chi connectivity index (χ0) is 21.5. The Bertz CT molecular complexity index is 1160. The smallest absolute Gasteiger partial charge is 0.431 e. The van der Waals surface area contributed by atoms with E-state index in [4.69, 9.17) is 24.4 Å². The van der Waals surface area contributed by atoms with Gasteiger partial charge >= 0.3 is 18.1 Å². The normalized spacial score (nSPS) is 21.2. The average Bonchev–Trinajstić information content (AvgIpc) is 3.35. The third-order valence-electron chi connectivity index (χ3n) is 4.72. The molecule has 0 aliphatic carbocycles. The topological polar surface area (TPSA) is 158 Å². The van der Waals surface area contributed by atoms with Gasteiger partial charge in [-0.15, -0.1) is 0 Å². The molecule has 0 saturated carbocycles. The molecule has 1 saturated heterocycles. The maximum Gasteiger partial charge on any atom is 0.519 e. The highest BCUT2D eigenvalue weighted by molar-refractivity contribution is 5.81. The van der Waals surface area contributed by atoms with Crippen LogP contribution in [0.15, 0.2) is 20.0 Å². The number of halogens is 1. The van der Waals surface area contributed by atoms with Gasteiger partial charge in [0.1, 0.15) is 18.4 Å². The lowest BCUT2D eigenvalue weighted by molar-refractivity contribution is -0.0954. The Kier molecular flexibility index (Phi) is 4.89. The summed E-state index contributed by atoms with van der Waals surface area (Å²) >= 11 is 0. The molecule has 0 spiro atoms. The Labute approximate surface area is 167 Å². The van der Waals surface area contributed by atoms with Crippen molar-refractivity contribution >= 4 is 23.1 Å². The first-order valence-corrected chi connectivity index (χ1v) is 8.96. The molecule has 0 aromatic carbocycles. The molecule has 3 aromatic rings. The molecule has 2 atom stereocenters. The van der Waals surface area contributed by atoms with Gasteiger partial charge in [-0.25, -0.2) is 14.6 Å². The van der Waals surface area contributed by atoms with Crippen molar-refractivity contribution in [3.8, 4) is 0 Å². The van der Waals surface area contributed by atoms with Gasteiger partial charge in [0.2, 0.25) is 0 Å². The SMILES string of the molecule is Cc1oc(=O)oc1COC(=O)OC[C@]1(C)CC[C@H](n2cnc3c(N)nc(F)nc32)O1. The quantitative estimate of drug-likeness (QED) is 0.471. The summed E-state index contributed by atoms with van der Waals surface area (Å²) in [6, 6.07) is 0. The maximum atomic E-state index is 13.5. The molecule has 12 nitrogen and oxygen atoms in total. The largest absolute Gasteiger partial charge is 0.519 e. The molecule has 0 unspecified atom stereocenters. The molecule has 1 aliphatic rings. The van der Waals surface area contributed by atoms with Crippen LogP contribution in [-0.2, 0) is 20.8 Å². The van der Waals surface area contributed by atoms with E-state index in [0.29, 0.717) is 12.8 Å². The molecular formula is C17H18FN5O7. The lowest BCUT2D eigenvalue weighted by atomic mass is 10.0. The van der Waals surface area contributed by atoms with E-state index in [2.05, 4.69) is 19.4 Å². The fourth-order valence-corrected chi connectivity index (χ4v) is 3.18. The first-order chi connectivity index (χ1) is 14.2. The minimum absolute atomic E-state index is 0.0632. The molecule has 3 aromatic heterocycles. The fraction of sp³-hybridized carbons (Fsp3) is 0.471. The Morgan fingerprint density at radius 3 is 2.93 bits per heavy atom. The van der Waals surface area contributed by atoms with Crippen LogP contribution in [-0.4, -0.2) is 37.9 Å². The van der Waals surface area contributed by atoms with Gasteiger partial charge in [-0.05, 0) is 26.7 Å². The number of nitrogens with zero attached hydrogens (tertiary/aromatic N) is 4. The summed E-state index contributed by atoms with van der Waals surface area (Å²) in [5.74, 6) is -0.626. The molecule has 0 amide bonds. The van der Waals surface area contributed by atoms with Crippen LogP contribution in [0.1, 0.15) is 37.5 Å². The summed E-state index contributed by atoms with van der Waals surface area (Å²) in [5.41, 5.74) is 5.35. The summed E-state index contributed by atoms with van der Waals surface area (Å²) in [6.45, 7) is 2.88. The van der Waals surface area contributed by atoms with Crippen LogP contribution in [0.2, 0.25) is 0 Å². The van der Waals surface area contributed by atoms with Gasteiger partial charge in [0.25, 0.3) is 0 Å². The number of rotatable bonds is 5. The van der Waals surface area contributed by atoms with Crippen LogP contribution in [0.4, 0.5) is 15.0 Å². The average molecular weight is 423 g/mol. The minimum Gasteiger partial charge on any atom is -0.431 e. The number of imidazole rings is 1. The van der Waals surface area contributed by atoms with Crippen LogP contribution in [0.5, 0.6) is 0 Å². The van der Waals surface area contributed by atoms with E-state index in [1.54, 1.807) is 11.5 Å². The molecule has 4 heterocycles. The highest BCUT2D eigenvalue weighted by Gasteiger charge is 2.39. The summed E-state index contributed by atoms with van der Waals surface area (Å²) in [6.07, 6.45) is 0.117. The van der Waals surface area contributed by atoms with E-state index in [0.717, 1.165) is 0 Å². The fourth-order valence-electron chi connectivity index (χ4n) is 3.18. The van der Waals surface area contributed by atoms with Gasteiger partial charge in [0.05, 0.1) is 6.33 Å². The van der Waals surface area contributed by atoms with Crippen LogP contribution in [0.25, 0.3) is 11.2 Å².